The molecule has 0 radical (unpaired) electrons. The smallest absolute Gasteiger partial charge is 0.0239 e. The van der Waals surface area contributed by atoms with Gasteiger partial charge >= 0.3 is 0 Å². The van der Waals surface area contributed by atoms with Crippen LogP contribution < -0.4 is 0 Å². The summed E-state index contributed by atoms with van der Waals surface area (Å²) in [6.45, 7) is 2.24. The minimum absolute atomic E-state index is 0.932. The average molecular weight is 229 g/mol. The summed E-state index contributed by atoms with van der Waals surface area (Å²) in [6.07, 6.45) is 8.54. The highest BCUT2D eigenvalue weighted by atomic mass is 79.9. The first-order valence-corrected chi connectivity index (χ1v) is 6.15. The summed E-state index contributed by atoms with van der Waals surface area (Å²) in [5, 5.41) is 1.06. The Morgan fingerprint density at radius 2 is 2.25 bits per heavy atom. The van der Waals surface area contributed by atoms with Crippen molar-refractivity contribution in [1.29, 1.82) is 0 Å². The number of allylic oxidation sites excluding steroid dienone is 2. The Morgan fingerprint density at radius 1 is 1.42 bits per heavy atom. The monoisotopic (exact) mass is 228 g/mol. The van der Waals surface area contributed by atoms with Gasteiger partial charge in [0.2, 0.25) is 0 Å². The molecule has 2 aliphatic carbocycles. The minimum atomic E-state index is 0.932. The van der Waals surface area contributed by atoms with Crippen molar-refractivity contribution < 1.29 is 0 Å². The van der Waals surface area contributed by atoms with Gasteiger partial charge in [-0.1, -0.05) is 34.0 Å². The fraction of sp³-hybridized carbons (Fsp3) is 0.818. The van der Waals surface area contributed by atoms with Gasteiger partial charge in [0.25, 0.3) is 0 Å². The van der Waals surface area contributed by atoms with Crippen LogP contribution in [-0.2, 0) is 0 Å². The van der Waals surface area contributed by atoms with Gasteiger partial charge in [-0.15, -0.1) is 0 Å². The zero-order valence-electron chi connectivity index (χ0n) is 7.72. The van der Waals surface area contributed by atoms with Crippen molar-refractivity contribution in [3.63, 3.8) is 0 Å². The predicted molar refractivity (Wildman–Crippen MR) is 56.5 cm³/mol. The summed E-state index contributed by atoms with van der Waals surface area (Å²) < 4.78 is 0. The van der Waals surface area contributed by atoms with Crippen LogP contribution in [0.1, 0.15) is 32.6 Å². The van der Waals surface area contributed by atoms with Gasteiger partial charge < -0.3 is 0 Å². The lowest BCUT2D eigenvalue weighted by molar-refractivity contribution is 0.393. The minimum Gasteiger partial charge on any atom is -0.0880 e. The Bertz CT molecular complexity index is 195. The van der Waals surface area contributed by atoms with Crippen molar-refractivity contribution in [3.05, 3.63) is 11.6 Å². The van der Waals surface area contributed by atoms with Crippen molar-refractivity contribution in [2.75, 3.05) is 5.33 Å². The lowest BCUT2D eigenvalue weighted by Gasteiger charge is -2.18. The largest absolute Gasteiger partial charge is 0.0880 e. The molecule has 0 aliphatic heterocycles. The van der Waals surface area contributed by atoms with E-state index in [0.717, 1.165) is 23.1 Å². The molecule has 0 aromatic carbocycles. The molecule has 2 rings (SSSR count). The molecule has 2 saturated carbocycles. The molecular weight excluding hydrogens is 212 g/mol. The molecule has 0 amide bonds. The number of rotatable bonds is 2. The molecule has 0 heterocycles. The van der Waals surface area contributed by atoms with Crippen LogP contribution in [0.5, 0.6) is 0 Å². The molecule has 68 valence electrons. The first-order chi connectivity index (χ1) is 5.79. The van der Waals surface area contributed by atoms with Crippen LogP contribution in [0.3, 0.4) is 0 Å². The third-order valence-corrected chi connectivity index (χ3v) is 4.39. The summed E-state index contributed by atoms with van der Waals surface area (Å²) in [5.74, 6) is 3.06. The molecule has 0 aromatic heterocycles. The number of halogens is 1. The van der Waals surface area contributed by atoms with Crippen LogP contribution in [0.4, 0.5) is 0 Å². The maximum absolute atomic E-state index is 3.51. The van der Waals surface area contributed by atoms with E-state index in [4.69, 9.17) is 0 Å². The molecule has 0 spiro atoms. The van der Waals surface area contributed by atoms with Crippen molar-refractivity contribution in [3.8, 4) is 0 Å². The quantitative estimate of drug-likeness (QED) is 0.499. The van der Waals surface area contributed by atoms with E-state index in [0.29, 0.717) is 0 Å². The SMILES string of the molecule is C/C(=C\C1CC2CCC1C2)CBr. The van der Waals surface area contributed by atoms with Gasteiger partial charge in [0.15, 0.2) is 0 Å². The normalized spacial score (nSPS) is 40.8. The van der Waals surface area contributed by atoms with E-state index in [1.807, 2.05) is 0 Å². The van der Waals surface area contributed by atoms with Gasteiger partial charge in [-0.05, 0) is 43.9 Å². The van der Waals surface area contributed by atoms with Crippen LogP contribution in [0.25, 0.3) is 0 Å². The summed E-state index contributed by atoms with van der Waals surface area (Å²) in [5.41, 5.74) is 1.52. The number of alkyl halides is 1. The predicted octanol–water partition coefficient (Wildman–Crippen LogP) is 3.76. The molecule has 0 N–H and O–H groups in total. The fourth-order valence-electron chi connectivity index (χ4n) is 2.91. The molecule has 0 nitrogen and oxygen atoms in total. The average Bonchev–Trinajstić information content (AvgIpc) is 2.64. The van der Waals surface area contributed by atoms with Gasteiger partial charge in [-0.2, -0.15) is 0 Å². The standard InChI is InChI=1S/C11H17Br/c1-8(7-12)4-11-6-9-2-3-10(11)5-9/h4,9-11H,2-3,5-7H2,1H3/b8-4+. The molecule has 2 bridgehead atoms. The number of hydrogen-bond donors (Lipinski definition) is 0. The van der Waals surface area contributed by atoms with E-state index in [1.165, 1.54) is 31.3 Å². The van der Waals surface area contributed by atoms with Crippen LogP contribution in [-0.4, -0.2) is 5.33 Å². The Balaban J connectivity index is 1.98. The van der Waals surface area contributed by atoms with Gasteiger partial charge in [-0.25, -0.2) is 0 Å². The molecule has 2 aliphatic rings. The lowest BCUT2D eigenvalue weighted by atomic mass is 9.88. The fourth-order valence-corrected chi connectivity index (χ4v) is 3.09. The molecule has 12 heavy (non-hydrogen) atoms. The third-order valence-electron chi connectivity index (χ3n) is 3.50. The zero-order valence-corrected chi connectivity index (χ0v) is 9.31. The van der Waals surface area contributed by atoms with Gasteiger partial charge in [0.1, 0.15) is 0 Å². The second-order valence-corrected chi connectivity index (χ2v) is 5.05. The number of fused-ring (bicyclic) bond motifs is 2. The molecule has 3 unspecified atom stereocenters. The van der Waals surface area contributed by atoms with E-state index < -0.39 is 0 Å². The van der Waals surface area contributed by atoms with Crippen molar-refractivity contribution >= 4 is 15.9 Å². The van der Waals surface area contributed by atoms with E-state index in [1.54, 1.807) is 0 Å². The molecule has 1 heteroatoms. The van der Waals surface area contributed by atoms with E-state index in [9.17, 15) is 0 Å². The topological polar surface area (TPSA) is 0 Å². The summed E-state index contributed by atoms with van der Waals surface area (Å²) in [6, 6.07) is 0. The number of hydrogen-bond acceptors (Lipinski definition) is 0. The lowest BCUT2D eigenvalue weighted by Crippen LogP contribution is -2.07. The van der Waals surface area contributed by atoms with Crippen molar-refractivity contribution in [2.45, 2.75) is 32.6 Å². The van der Waals surface area contributed by atoms with Crippen LogP contribution >= 0.6 is 15.9 Å². The summed E-state index contributed by atoms with van der Waals surface area (Å²) in [4.78, 5) is 0. The molecule has 0 aromatic rings. The van der Waals surface area contributed by atoms with Crippen LogP contribution in [0.2, 0.25) is 0 Å². The first kappa shape index (κ1) is 8.80. The Labute approximate surface area is 83.6 Å². The van der Waals surface area contributed by atoms with E-state index in [-0.39, 0.29) is 0 Å². The maximum atomic E-state index is 3.51. The van der Waals surface area contributed by atoms with Gasteiger partial charge in [0, 0.05) is 5.33 Å². The van der Waals surface area contributed by atoms with Crippen molar-refractivity contribution in [1.82, 2.24) is 0 Å². The van der Waals surface area contributed by atoms with E-state index >= 15 is 0 Å². The second-order valence-electron chi connectivity index (χ2n) is 4.49. The highest BCUT2D eigenvalue weighted by Crippen LogP contribution is 2.49. The van der Waals surface area contributed by atoms with Crippen molar-refractivity contribution in [2.24, 2.45) is 17.8 Å². The van der Waals surface area contributed by atoms with Crippen LogP contribution in [0, 0.1) is 17.8 Å². The highest BCUT2D eigenvalue weighted by molar-refractivity contribution is 9.09. The Morgan fingerprint density at radius 3 is 2.75 bits per heavy atom. The second kappa shape index (κ2) is 3.53. The Hall–Kier alpha value is 0.220. The molecule has 0 saturated heterocycles. The third kappa shape index (κ3) is 1.61. The van der Waals surface area contributed by atoms with Gasteiger partial charge in [0.05, 0.1) is 0 Å². The summed E-state index contributed by atoms with van der Waals surface area (Å²) in [7, 11) is 0. The van der Waals surface area contributed by atoms with E-state index in [2.05, 4.69) is 28.9 Å². The van der Waals surface area contributed by atoms with Crippen LogP contribution in [0.15, 0.2) is 11.6 Å². The Kier molecular flexibility index (Phi) is 2.59. The maximum Gasteiger partial charge on any atom is 0.0239 e. The molecule has 2 fully saturated rings. The molecular formula is C11H17Br. The summed E-state index contributed by atoms with van der Waals surface area (Å²) >= 11 is 3.51. The van der Waals surface area contributed by atoms with Gasteiger partial charge in [-0.3, -0.25) is 0 Å². The zero-order chi connectivity index (χ0) is 8.55. The first-order valence-electron chi connectivity index (χ1n) is 5.03. The highest BCUT2D eigenvalue weighted by Gasteiger charge is 2.37. The molecule has 3 atom stereocenters.